The molecule has 1 amide bonds. The minimum atomic E-state index is -0.551. The topological polar surface area (TPSA) is 81.9 Å². The van der Waals surface area contributed by atoms with Crippen molar-refractivity contribution in [1.29, 1.82) is 0 Å². The van der Waals surface area contributed by atoms with Crippen molar-refractivity contribution in [2.24, 2.45) is 0 Å². The number of carbonyl (C=O) groups excluding carboxylic acids is 1. The molecule has 0 aliphatic heterocycles. The van der Waals surface area contributed by atoms with E-state index in [1.54, 1.807) is 16.4 Å². The average molecular weight is 363 g/mol. The van der Waals surface area contributed by atoms with E-state index in [1.807, 2.05) is 57.4 Å². The van der Waals surface area contributed by atoms with Gasteiger partial charge >= 0.3 is 6.09 Å². The average Bonchev–Trinajstić information content (AvgIpc) is 2.98. The molecule has 0 fully saturated rings. The van der Waals surface area contributed by atoms with E-state index >= 15 is 0 Å². The number of carbonyl (C=O) groups is 1. The molecule has 25 heavy (non-hydrogen) atoms. The third-order valence-corrected chi connectivity index (χ3v) is 3.99. The maximum Gasteiger partial charge on any atom is 0.408 e. The molecule has 2 rings (SSSR count). The number of alkyl carbamates (subject to hydrolysis) is 1. The van der Waals surface area contributed by atoms with Gasteiger partial charge in [0.05, 0.1) is 12.6 Å². The van der Waals surface area contributed by atoms with Crippen LogP contribution >= 0.6 is 11.8 Å². The lowest BCUT2D eigenvalue weighted by Crippen LogP contribution is -2.36. The van der Waals surface area contributed by atoms with E-state index in [9.17, 15) is 4.79 Å². The van der Waals surface area contributed by atoms with Crippen molar-refractivity contribution in [1.82, 2.24) is 25.5 Å². The van der Waals surface area contributed by atoms with Gasteiger partial charge in [0.25, 0.3) is 0 Å². The number of nitrogens with zero attached hydrogens (tertiary/aromatic N) is 4. The molecule has 1 unspecified atom stereocenters. The zero-order valence-corrected chi connectivity index (χ0v) is 15.9. The molecule has 0 spiro atoms. The lowest BCUT2D eigenvalue weighted by atomic mass is 10.2. The van der Waals surface area contributed by atoms with Crippen LogP contribution in [0.25, 0.3) is 0 Å². The highest BCUT2D eigenvalue weighted by molar-refractivity contribution is 7.98. The van der Waals surface area contributed by atoms with Crippen LogP contribution in [-0.4, -0.2) is 43.9 Å². The molecule has 0 saturated carbocycles. The Morgan fingerprint density at radius 3 is 2.68 bits per heavy atom. The van der Waals surface area contributed by atoms with E-state index in [2.05, 4.69) is 20.8 Å². The first-order valence-corrected chi connectivity index (χ1v) is 9.57. The second kappa shape index (κ2) is 8.84. The second-order valence-electron chi connectivity index (χ2n) is 6.66. The first kappa shape index (κ1) is 19.2. The van der Waals surface area contributed by atoms with Gasteiger partial charge in [-0.15, -0.1) is 5.10 Å². The van der Waals surface area contributed by atoms with Gasteiger partial charge in [0.1, 0.15) is 5.60 Å². The number of ether oxygens (including phenoxy) is 1. The molecule has 0 aliphatic carbocycles. The Bertz CT molecular complexity index is 669. The Morgan fingerprint density at radius 1 is 1.32 bits per heavy atom. The Kier molecular flexibility index (Phi) is 6.81. The summed E-state index contributed by atoms with van der Waals surface area (Å²) in [5, 5.41) is 14.9. The highest BCUT2D eigenvalue weighted by Crippen LogP contribution is 2.18. The summed E-state index contributed by atoms with van der Waals surface area (Å²) in [7, 11) is 0. The summed E-state index contributed by atoms with van der Waals surface area (Å²) in [4.78, 5) is 12.2. The molecule has 2 aromatic rings. The van der Waals surface area contributed by atoms with Gasteiger partial charge in [0.2, 0.25) is 0 Å². The van der Waals surface area contributed by atoms with Gasteiger partial charge < -0.3 is 10.1 Å². The van der Waals surface area contributed by atoms with Crippen molar-refractivity contribution in [3.63, 3.8) is 0 Å². The summed E-state index contributed by atoms with van der Waals surface area (Å²) in [6.45, 7) is 6.06. The van der Waals surface area contributed by atoms with Crippen LogP contribution in [0.2, 0.25) is 0 Å². The molecule has 1 atom stereocenters. The number of hydrogen-bond donors (Lipinski definition) is 1. The summed E-state index contributed by atoms with van der Waals surface area (Å²) in [5.41, 5.74) is 0.543. The minimum absolute atomic E-state index is 0.305. The fourth-order valence-corrected chi connectivity index (χ4v) is 2.75. The van der Waals surface area contributed by atoms with Crippen LogP contribution in [0, 0.1) is 0 Å². The van der Waals surface area contributed by atoms with Crippen LogP contribution in [0.1, 0.15) is 44.6 Å². The number of thioether (sulfide) groups is 1. The SMILES string of the molecule is CSCCC(NC(=O)OC(C)(C)C)c1nnnn1Cc1ccccc1. The van der Waals surface area contributed by atoms with Crippen molar-refractivity contribution in [3.8, 4) is 0 Å². The van der Waals surface area contributed by atoms with Gasteiger partial charge in [0.15, 0.2) is 5.82 Å². The fourth-order valence-electron chi connectivity index (χ4n) is 2.28. The summed E-state index contributed by atoms with van der Waals surface area (Å²) < 4.78 is 7.09. The monoisotopic (exact) mass is 363 g/mol. The van der Waals surface area contributed by atoms with Gasteiger partial charge in [-0.3, -0.25) is 0 Å². The first-order valence-electron chi connectivity index (χ1n) is 8.17. The predicted molar refractivity (Wildman–Crippen MR) is 98.5 cm³/mol. The molecular formula is C17H25N5O2S. The standard InChI is InChI=1S/C17H25N5O2S/c1-17(2,3)24-16(23)18-14(10-11-25-4)15-19-20-21-22(15)12-13-8-6-5-7-9-13/h5-9,14H,10-12H2,1-4H3,(H,18,23). The molecule has 7 nitrogen and oxygen atoms in total. The van der Waals surface area contributed by atoms with Gasteiger partial charge in [-0.2, -0.15) is 11.8 Å². The maximum atomic E-state index is 12.2. The molecule has 1 N–H and O–H groups in total. The van der Waals surface area contributed by atoms with E-state index < -0.39 is 11.7 Å². The van der Waals surface area contributed by atoms with Crippen molar-refractivity contribution in [2.75, 3.05) is 12.0 Å². The third kappa shape index (κ3) is 6.38. The van der Waals surface area contributed by atoms with Crippen molar-refractivity contribution >= 4 is 17.9 Å². The van der Waals surface area contributed by atoms with Crippen LogP contribution in [0.4, 0.5) is 4.79 Å². The number of aromatic nitrogens is 4. The highest BCUT2D eigenvalue weighted by Gasteiger charge is 2.24. The van der Waals surface area contributed by atoms with Crippen molar-refractivity contribution in [2.45, 2.75) is 45.4 Å². The van der Waals surface area contributed by atoms with Crippen LogP contribution in [0.5, 0.6) is 0 Å². The van der Waals surface area contributed by atoms with E-state index in [1.165, 1.54) is 0 Å². The fraction of sp³-hybridized carbons (Fsp3) is 0.529. The van der Waals surface area contributed by atoms with Crippen LogP contribution in [0.3, 0.4) is 0 Å². The number of amides is 1. The molecule has 0 radical (unpaired) electrons. The summed E-state index contributed by atoms with van der Waals surface area (Å²) in [6, 6.07) is 9.65. The highest BCUT2D eigenvalue weighted by atomic mass is 32.2. The van der Waals surface area contributed by atoms with Gasteiger partial charge in [-0.1, -0.05) is 30.3 Å². The molecular weight excluding hydrogens is 338 g/mol. The minimum Gasteiger partial charge on any atom is -0.444 e. The maximum absolute atomic E-state index is 12.2. The predicted octanol–water partition coefficient (Wildman–Crippen LogP) is 3.04. The van der Waals surface area contributed by atoms with Crippen molar-refractivity contribution in [3.05, 3.63) is 41.7 Å². The second-order valence-corrected chi connectivity index (χ2v) is 7.65. The molecule has 1 heterocycles. The van der Waals surface area contributed by atoms with Gasteiger partial charge in [-0.25, -0.2) is 9.48 Å². The quantitative estimate of drug-likeness (QED) is 0.814. The Balaban J connectivity index is 2.15. The lowest BCUT2D eigenvalue weighted by Gasteiger charge is -2.23. The van der Waals surface area contributed by atoms with Gasteiger partial charge in [0, 0.05) is 0 Å². The smallest absolute Gasteiger partial charge is 0.408 e. The number of nitrogens with one attached hydrogen (secondary N) is 1. The number of hydrogen-bond acceptors (Lipinski definition) is 6. The molecule has 1 aromatic carbocycles. The molecule has 136 valence electrons. The molecule has 8 heteroatoms. The summed E-state index contributed by atoms with van der Waals surface area (Å²) >= 11 is 1.71. The van der Waals surface area contributed by atoms with Crippen LogP contribution in [-0.2, 0) is 11.3 Å². The normalized spacial score (nSPS) is 12.6. The zero-order chi connectivity index (χ0) is 18.3. The third-order valence-electron chi connectivity index (χ3n) is 3.35. The summed E-state index contributed by atoms with van der Waals surface area (Å²) in [5.74, 6) is 1.50. The molecule has 0 saturated heterocycles. The summed E-state index contributed by atoms with van der Waals surface area (Å²) in [6.07, 6.45) is 2.28. The van der Waals surface area contributed by atoms with Crippen LogP contribution < -0.4 is 5.32 Å². The van der Waals surface area contributed by atoms with E-state index in [0.29, 0.717) is 12.4 Å². The molecule has 0 bridgehead atoms. The number of tetrazole rings is 1. The number of benzene rings is 1. The van der Waals surface area contributed by atoms with E-state index in [4.69, 9.17) is 4.74 Å². The molecule has 0 aliphatic rings. The zero-order valence-electron chi connectivity index (χ0n) is 15.1. The largest absolute Gasteiger partial charge is 0.444 e. The Hall–Kier alpha value is -2.09. The first-order chi connectivity index (χ1) is 11.9. The van der Waals surface area contributed by atoms with Crippen LogP contribution in [0.15, 0.2) is 30.3 Å². The van der Waals surface area contributed by atoms with E-state index in [-0.39, 0.29) is 6.04 Å². The Labute approximate surface area is 152 Å². The number of rotatable bonds is 7. The van der Waals surface area contributed by atoms with Gasteiger partial charge in [-0.05, 0) is 55.2 Å². The Morgan fingerprint density at radius 2 is 2.04 bits per heavy atom. The lowest BCUT2D eigenvalue weighted by molar-refractivity contribution is 0.0499. The van der Waals surface area contributed by atoms with Crippen molar-refractivity contribution < 1.29 is 9.53 Å². The molecule has 1 aromatic heterocycles. The van der Waals surface area contributed by atoms with E-state index in [0.717, 1.165) is 17.7 Å².